The first-order chi connectivity index (χ1) is 12.2. The van der Waals surface area contributed by atoms with E-state index in [-0.39, 0.29) is 11.2 Å². The van der Waals surface area contributed by atoms with Crippen LogP contribution in [0.2, 0.25) is 0 Å². The van der Waals surface area contributed by atoms with Crippen LogP contribution in [0.3, 0.4) is 0 Å². The van der Waals surface area contributed by atoms with E-state index in [0.29, 0.717) is 18.1 Å². The first-order valence-electron chi connectivity index (χ1n) is 7.96. The summed E-state index contributed by atoms with van der Waals surface area (Å²) in [6.45, 7) is 6.25. The van der Waals surface area contributed by atoms with Gasteiger partial charge < -0.3 is 0 Å². The predicted molar refractivity (Wildman–Crippen MR) is 108 cm³/mol. The van der Waals surface area contributed by atoms with Crippen molar-refractivity contribution in [2.45, 2.75) is 18.6 Å². The van der Waals surface area contributed by atoms with E-state index in [1.807, 2.05) is 23.6 Å². The zero-order chi connectivity index (χ0) is 17.6. The van der Waals surface area contributed by atoms with Crippen molar-refractivity contribution in [2.24, 2.45) is 10.2 Å². The molecule has 0 radical (unpaired) electrons. The fraction of sp³-hybridized carbons (Fsp3) is 0.211. The predicted octanol–water partition coefficient (Wildman–Crippen LogP) is 4.12. The lowest BCUT2D eigenvalue weighted by Gasteiger charge is -2.13. The lowest BCUT2D eigenvalue weighted by Crippen LogP contribution is -2.32. The first kappa shape index (κ1) is 17.6. The van der Waals surface area contributed by atoms with Gasteiger partial charge in [0, 0.05) is 11.4 Å². The monoisotopic (exact) mass is 369 g/mol. The molecule has 1 fully saturated rings. The van der Waals surface area contributed by atoms with Crippen LogP contribution in [-0.4, -0.2) is 34.0 Å². The number of amidine groups is 1. The van der Waals surface area contributed by atoms with Gasteiger partial charge in [0.15, 0.2) is 5.17 Å². The zero-order valence-corrected chi connectivity index (χ0v) is 15.6. The van der Waals surface area contributed by atoms with Gasteiger partial charge in [0.2, 0.25) is 5.91 Å². The van der Waals surface area contributed by atoms with Gasteiger partial charge in [-0.2, -0.15) is 5.10 Å². The number of rotatable bonds is 6. The van der Waals surface area contributed by atoms with Gasteiger partial charge in [-0.3, -0.25) is 9.69 Å². The normalized spacial score (nSPS) is 19.2. The Morgan fingerprint density at radius 2 is 2.20 bits per heavy atom. The molecule has 0 N–H and O–H groups in total. The lowest BCUT2D eigenvalue weighted by atomic mass is 10.1. The SMILES string of the molecule is C=CCN1C(=O)[C@@H](Cc2cccc(C)c2)S/C1=N\N=C/c1cccs1. The fourth-order valence-electron chi connectivity index (χ4n) is 2.57. The Hall–Kier alpha value is -2.18. The van der Waals surface area contributed by atoms with Crippen LogP contribution < -0.4 is 0 Å². The Morgan fingerprint density at radius 1 is 1.32 bits per heavy atom. The second-order valence-corrected chi connectivity index (χ2v) is 7.83. The van der Waals surface area contributed by atoms with Gasteiger partial charge in [-0.05, 0) is 30.4 Å². The quantitative estimate of drug-likeness (QED) is 0.437. The van der Waals surface area contributed by atoms with Crippen LogP contribution in [0, 0.1) is 6.92 Å². The number of thiophene rings is 1. The highest BCUT2D eigenvalue weighted by Crippen LogP contribution is 2.30. The molecule has 1 aliphatic heterocycles. The maximum Gasteiger partial charge on any atom is 0.242 e. The van der Waals surface area contributed by atoms with Crippen molar-refractivity contribution in [3.63, 3.8) is 0 Å². The average molecular weight is 370 g/mol. The summed E-state index contributed by atoms with van der Waals surface area (Å²) < 4.78 is 0. The minimum Gasteiger partial charge on any atom is -0.285 e. The third kappa shape index (κ3) is 4.46. The molecular formula is C19H19N3OS2. The second kappa shape index (κ2) is 8.27. The number of aryl methyl sites for hydroxylation is 1. The van der Waals surface area contributed by atoms with Gasteiger partial charge in [0.1, 0.15) is 0 Å². The molecule has 1 aromatic carbocycles. The van der Waals surface area contributed by atoms with Crippen molar-refractivity contribution < 1.29 is 4.79 Å². The Balaban J connectivity index is 1.76. The molecule has 3 rings (SSSR count). The number of carbonyl (C=O) groups excluding carboxylic acids is 1. The van der Waals surface area contributed by atoms with Crippen molar-refractivity contribution in [2.75, 3.05) is 6.54 Å². The molecule has 0 bridgehead atoms. The Kier molecular flexibility index (Phi) is 5.83. The van der Waals surface area contributed by atoms with E-state index >= 15 is 0 Å². The minimum absolute atomic E-state index is 0.0662. The van der Waals surface area contributed by atoms with E-state index in [4.69, 9.17) is 0 Å². The highest BCUT2D eigenvalue weighted by molar-refractivity contribution is 8.15. The molecule has 1 aromatic heterocycles. The van der Waals surface area contributed by atoms with Crippen molar-refractivity contribution in [1.29, 1.82) is 0 Å². The van der Waals surface area contributed by atoms with Crippen LogP contribution in [0.25, 0.3) is 0 Å². The van der Waals surface area contributed by atoms with Crippen LogP contribution in [-0.2, 0) is 11.2 Å². The Labute approximate surface area is 156 Å². The number of carbonyl (C=O) groups is 1. The van der Waals surface area contributed by atoms with Crippen LogP contribution in [0.4, 0.5) is 0 Å². The fourth-order valence-corrected chi connectivity index (χ4v) is 4.29. The molecule has 4 nitrogen and oxygen atoms in total. The van der Waals surface area contributed by atoms with E-state index in [1.165, 1.54) is 17.3 Å². The van der Waals surface area contributed by atoms with Gasteiger partial charge in [-0.1, -0.05) is 53.7 Å². The Bertz CT molecular complexity index is 812. The molecule has 2 heterocycles. The molecular weight excluding hydrogens is 350 g/mol. The summed E-state index contributed by atoms with van der Waals surface area (Å²) in [5.41, 5.74) is 2.36. The largest absolute Gasteiger partial charge is 0.285 e. The molecule has 0 aliphatic carbocycles. The van der Waals surface area contributed by atoms with Crippen LogP contribution in [0.1, 0.15) is 16.0 Å². The number of hydrogen-bond donors (Lipinski definition) is 0. The van der Waals surface area contributed by atoms with Crippen LogP contribution in [0.15, 0.2) is 64.6 Å². The van der Waals surface area contributed by atoms with E-state index in [0.717, 1.165) is 10.4 Å². The maximum atomic E-state index is 12.7. The summed E-state index contributed by atoms with van der Waals surface area (Å²) >= 11 is 3.07. The van der Waals surface area contributed by atoms with Crippen molar-refractivity contribution in [3.05, 3.63) is 70.4 Å². The second-order valence-electron chi connectivity index (χ2n) is 5.68. The maximum absolute atomic E-state index is 12.7. The first-order valence-corrected chi connectivity index (χ1v) is 9.72. The average Bonchev–Trinajstić information content (AvgIpc) is 3.20. The van der Waals surface area contributed by atoms with E-state index in [2.05, 4.69) is 41.9 Å². The lowest BCUT2D eigenvalue weighted by molar-refractivity contribution is -0.125. The van der Waals surface area contributed by atoms with Gasteiger partial charge in [-0.15, -0.1) is 23.0 Å². The molecule has 6 heteroatoms. The molecule has 2 aromatic rings. The zero-order valence-electron chi connectivity index (χ0n) is 14.0. The van der Waals surface area contributed by atoms with Gasteiger partial charge in [-0.25, -0.2) is 0 Å². The van der Waals surface area contributed by atoms with Gasteiger partial charge in [0.05, 0.1) is 11.5 Å². The number of benzene rings is 1. The van der Waals surface area contributed by atoms with E-state index in [9.17, 15) is 4.79 Å². The highest BCUT2D eigenvalue weighted by Gasteiger charge is 2.37. The third-order valence-electron chi connectivity index (χ3n) is 3.71. The summed E-state index contributed by atoms with van der Waals surface area (Å²) in [6.07, 6.45) is 4.11. The summed E-state index contributed by atoms with van der Waals surface area (Å²) in [4.78, 5) is 15.4. The van der Waals surface area contributed by atoms with E-state index < -0.39 is 0 Å². The molecule has 1 aliphatic rings. The molecule has 0 unspecified atom stereocenters. The third-order valence-corrected chi connectivity index (χ3v) is 5.68. The molecule has 1 saturated heterocycles. The smallest absolute Gasteiger partial charge is 0.242 e. The van der Waals surface area contributed by atoms with Crippen LogP contribution in [0.5, 0.6) is 0 Å². The molecule has 0 saturated carbocycles. The summed E-state index contributed by atoms with van der Waals surface area (Å²) in [5.74, 6) is 0.0662. The number of amides is 1. The van der Waals surface area contributed by atoms with Gasteiger partial charge >= 0.3 is 0 Å². The van der Waals surface area contributed by atoms with Crippen LogP contribution >= 0.6 is 23.1 Å². The highest BCUT2D eigenvalue weighted by atomic mass is 32.2. The number of thioether (sulfide) groups is 1. The molecule has 1 atom stereocenters. The molecule has 0 spiro atoms. The number of nitrogens with zero attached hydrogens (tertiary/aromatic N) is 3. The number of hydrogen-bond acceptors (Lipinski definition) is 5. The topological polar surface area (TPSA) is 45.0 Å². The van der Waals surface area contributed by atoms with Gasteiger partial charge in [0.25, 0.3) is 0 Å². The summed E-state index contributed by atoms with van der Waals surface area (Å²) in [6, 6.07) is 12.2. The van der Waals surface area contributed by atoms with Crippen molar-refractivity contribution >= 4 is 40.4 Å². The summed E-state index contributed by atoms with van der Waals surface area (Å²) in [7, 11) is 0. The van der Waals surface area contributed by atoms with E-state index in [1.54, 1.807) is 28.5 Å². The molecule has 128 valence electrons. The minimum atomic E-state index is -0.169. The Morgan fingerprint density at radius 3 is 2.92 bits per heavy atom. The molecule has 25 heavy (non-hydrogen) atoms. The summed E-state index contributed by atoms with van der Waals surface area (Å²) in [5, 5.41) is 10.9. The standard InChI is InChI=1S/C19H19N3OS2/c1-3-9-22-18(23)17(12-15-7-4-6-14(2)11-15)25-19(22)21-20-13-16-8-5-10-24-16/h3-8,10-11,13,17H,1,9,12H2,2H3/b20-13-,21-19-/t17-/m1/s1. The van der Waals surface area contributed by atoms with Crippen molar-refractivity contribution in [1.82, 2.24) is 4.90 Å². The van der Waals surface area contributed by atoms with Crippen molar-refractivity contribution in [3.8, 4) is 0 Å². The molecule has 1 amide bonds.